The van der Waals surface area contributed by atoms with E-state index in [4.69, 9.17) is 9.15 Å². The largest absolute Gasteiger partial charge is 0.494 e. The summed E-state index contributed by atoms with van der Waals surface area (Å²) in [5.74, 6) is -0.154. The highest BCUT2D eigenvalue weighted by molar-refractivity contribution is 5.86. The quantitative estimate of drug-likeness (QED) is 0.928. The molecule has 1 N–H and O–H groups in total. The molecular weight excluding hydrogens is 270 g/mol. The Bertz CT molecular complexity index is 635. The molecule has 0 saturated carbocycles. The highest BCUT2D eigenvalue weighted by atomic mass is 16.5. The number of hydrogen-bond donors (Lipinski definition) is 1. The normalized spacial score (nSPS) is 11.4. The van der Waals surface area contributed by atoms with Gasteiger partial charge < -0.3 is 14.3 Å². The van der Waals surface area contributed by atoms with Crippen molar-refractivity contribution >= 4 is 5.97 Å². The van der Waals surface area contributed by atoms with Gasteiger partial charge in [-0.15, -0.1) is 0 Å². The van der Waals surface area contributed by atoms with Crippen LogP contribution in [0.2, 0.25) is 0 Å². The molecule has 21 heavy (non-hydrogen) atoms. The first-order valence-electron chi connectivity index (χ1n) is 6.80. The fourth-order valence-corrected chi connectivity index (χ4v) is 1.96. The van der Waals surface area contributed by atoms with E-state index in [1.807, 2.05) is 27.7 Å². The van der Waals surface area contributed by atoms with Gasteiger partial charge in [0.2, 0.25) is 11.7 Å². The summed E-state index contributed by atoms with van der Waals surface area (Å²) in [4.78, 5) is 15.7. The Morgan fingerprint density at radius 1 is 1.29 bits per heavy atom. The number of carbonyl (C=O) groups is 1. The molecule has 0 saturated heterocycles. The molecule has 0 bridgehead atoms. The summed E-state index contributed by atoms with van der Waals surface area (Å²) in [6, 6.07) is 7.21. The number of aromatic nitrogens is 1. The van der Waals surface area contributed by atoms with Gasteiger partial charge in [-0.25, -0.2) is 9.78 Å². The Balaban J connectivity index is 2.43. The summed E-state index contributed by atoms with van der Waals surface area (Å²) < 4.78 is 10.8. The first-order valence-corrected chi connectivity index (χ1v) is 6.80. The molecule has 5 heteroatoms. The van der Waals surface area contributed by atoms with E-state index in [0.717, 1.165) is 11.3 Å². The zero-order chi connectivity index (χ0) is 15.6. The lowest BCUT2D eigenvalue weighted by molar-refractivity contribution is 0.0659. The van der Waals surface area contributed by atoms with Gasteiger partial charge in [0, 0.05) is 11.0 Å². The lowest BCUT2D eigenvalue weighted by Gasteiger charge is -2.14. The molecule has 1 aromatic heterocycles. The number of aromatic carboxylic acids is 1. The fraction of sp³-hybridized carbons (Fsp3) is 0.375. The maximum atomic E-state index is 11.3. The monoisotopic (exact) mass is 289 g/mol. The van der Waals surface area contributed by atoms with Crippen LogP contribution in [0.3, 0.4) is 0 Å². The van der Waals surface area contributed by atoms with Crippen molar-refractivity contribution in [3.8, 4) is 17.2 Å². The zero-order valence-electron chi connectivity index (χ0n) is 12.6. The SMILES string of the molecule is CCOc1ccc(-c2nc(C(C)(C)C)c(C(=O)O)o2)cc1. The highest BCUT2D eigenvalue weighted by Crippen LogP contribution is 2.30. The van der Waals surface area contributed by atoms with Crippen LogP contribution in [0.5, 0.6) is 5.75 Å². The lowest BCUT2D eigenvalue weighted by Crippen LogP contribution is -2.16. The van der Waals surface area contributed by atoms with E-state index >= 15 is 0 Å². The van der Waals surface area contributed by atoms with Crippen molar-refractivity contribution in [1.82, 2.24) is 4.98 Å². The molecule has 0 radical (unpaired) electrons. The smallest absolute Gasteiger partial charge is 0.373 e. The third-order valence-corrected chi connectivity index (χ3v) is 2.94. The van der Waals surface area contributed by atoms with Crippen LogP contribution in [0, 0.1) is 0 Å². The molecule has 0 aliphatic carbocycles. The highest BCUT2D eigenvalue weighted by Gasteiger charge is 2.29. The molecular formula is C16H19NO4. The number of benzene rings is 1. The maximum Gasteiger partial charge on any atom is 0.373 e. The van der Waals surface area contributed by atoms with Crippen LogP contribution in [0.25, 0.3) is 11.5 Å². The average Bonchev–Trinajstić information content (AvgIpc) is 2.85. The topological polar surface area (TPSA) is 72.6 Å². The zero-order valence-corrected chi connectivity index (χ0v) is 12.6. The van der Waals surface area contributed by atoms with Crippen molar-refractivity contribution in [2.24, 2.45) is 0 Å². The maximum absolute atomic E-state index is 11.3. The van der Waals surface area contributed by atoms with E-state index in [0.29, 0.717) is 18.2 Å². The molecule has 0 fully saturated rings. The van der Waals surface area contributed by atoms with E-state index < -0.39 is 11.4 Å². The van der Waals surface area contributed by atoms with Crippen LogP contribution in [-0.4, -0.2) is 22.7 Å². The second-order valence-corrected chi connectivity index (χ2v) is 5.71. The van der Waals surface area contributed by atoms with Crippen molar-refractivity contribution in [3.63, 3.8) is 0 Å². The summed E-state index contributed by atoms with van der Waals surface area (Å²) in [5.41, 5.74) is 0.760. The molecule has 1 heterocycles. The van der Waals surface area contributed by atoms with Crippen molar-refractivity contribution in [2.75, 3.05) is 6.61 Å². The van der Waals surface area contributed by atoms with Crippen molar-refractivity contribution in [3.05, 3.63) is 35.7 Å². The summed E-state index contributed by atoms with van der Waals surface area (Å²) in [6.45, 7) is 8.21. The molecule has 0 amide bonds. The summed E-state index contributed by atoms with van der Waals surface area (Å²) >= 11 is 0. The number of carboxylic acid groups (broad SMARTS) is 1. The molecule has 0 aliphatic rings. The molecule has 0 aliphatic heterocycles. The molecule has 0 atom stereocenters. The van der Waals surface area contributed by atoms with Gasteiger partial charge in [-0.05, 0) is 31.2 Å². The molecule has 5 nitrogen and oxygen atoms in total. The Morgan fingerprint density at radius 3 is 2.33 bits per heavy atom. The third-order valence-electron chi connectivity index (χ3n) is 2.94. The van der Waals surface area contributed by atoms with Crippen molar-refractivity contribution in [2.45, 2.75) is 33.1 Å². The van der Waals surface area contributed by atoms with Crippen LogP contribution in [-0.2, 0) is 5.41 Å². The van der Waals surface area contributed by atoms with Gasteiger partial charge in [0.05, 0.1) is 6.61 Å². The Kier molecular flexibility index (Phi) is 4.02. The van der Waals surface area contributed by atoms with Gasteiger partial charge in [-0.3, -0.25) is 0 Å². The van der Waals surface area contributed by atoms with Gasteiger partial charge in [0.1, 0.15) is 11.4 Å². The van der Waals surface area contributed by atoms with Crippen LogP contribution in [0.15, 0.2) is 28.7 Å². The Hall–Kier alpha value is -2.30. The molecule has 2 rings (SSSR count). The summed E-state index contributed by atoms with van der Waals surface area (Å²) in [6.07, 6.45) is 0. The van der Waals surface area contributed by atoms with E-state index in [9.17, 15) is 9.90 Å². The minimum absolute atomic E-state index is 0.105. The van der Waals surface area contributed by atoms with Crippen molar-refractivity contribution < 1.29 is 19.1 Å². The Labute approximate surface area is 123 Å². The average molecular weight is 289 g/mol. The van der Waals surface area contributed by atoms with Crippen LogP contribution in [0.4, 0.5) is 0 Å². The summed E-state index contributed by atoms with van der Waals surface area (Å²) in [7, 11) is 0. The van der Waals surface area contributed by atoms with Crippen LogP contribution in [0.1, 0.15) is 43.9 Å². The second kappa shape index (κ2) is 5.60. The number of nitrogens with zero attached hydrogens (tertiary/aromatic N) is 1. The molecule has 2 aromatic rings. The predicted octanol–water partition coefficient (Wildman–Crippen LogP) is 3.74. The van der Waals surface area contributed by atoms with Crippen LogP contribution >= 0.6 is 0 Å². The first-order chi connectivity index (χ1) is 9.82. The summed E-state index contributed by atoms with van der Waals surface area (Å²) in [5, 5.41) is 9.25. The van der Waals surface area contributed by atoms with Gasteiger partial charge in [0.25, 0.3) is 0 Å². The first kappa shape index (κ1) is 15.1. The van der Waals surface area contributed by atoms with E-state index in [1.165, 1.54) is 0 Å². The molecule has 0 spiro atoms. The van der Waals surface area contributed by atoms with Crippen molar-refractivity contribution in [1.29, 1.82) is 0 Å². The van der Waals surface area contributed by atoms with E-state index in [-0.39, 0.29) is 5.76 Å². The minimum Gasteiger partial charge on any atom is -0.494 e. The number of hydrogen-bond acceptors (Lipinski definition) is 4. The number of rotatable bonds is 4. The number of ether oxygens (including phenoxy) is 1. The van der Waals surface area contributed by atoms with E-state index in [2.05, 4.69) is 4.98 Å². The van der Waals surface area contributed by atoms with Gasteiger partial charge in [-0.2, -0.15) is 0 Å². The van der Waals surface area contributed by atoms with Gasteiger partial charge in [-0.1, -0.05) is 20.8 Å². The van der Waals surface area contributed by atoms with Gasteiger partial charge >= 0.3 is 5.97 Å². The Morgan fingerprint density at radius 2 is 1.90 bits per heavy atom. The fourth-order valence-electron chi connectivity index (χ4n) is 1.96. The van der Waals surface area contributed by atoms with Gasteiger partial charge in [0.15, 0.2) is 0 Å². The number of carboxylic acids is 1. The molecule has 0 unspecified atom stereocenters. The third kappa shape index (κ3) is 3.24. The second-order valence-electron chi connectivity index (χ2n) is 5.71. The lowest BCUT2D eigenvalue weighted by atomic mass is 9.91. The number of oxazole rings is 1. The minimum atomic E-state index is -1.11. The molecule has 1 aromatic carbocycles. The standard InChI is InChI=1S/C16H19NO4/c1-5-20-11-8-6-10(7-9-11)14-17-13(16(2,3)4)12(21-14)15(18)19/h6-9H,5H2,1-4H3,(H,18,19). The van der Waals surface area contributed by atoms with Crippen LogP contribution < -0.4 is 4.74 Å². The predicted molar refractivity (Wildman–Crippen MR) is 78.8 cm³/mol. The molecule has 112 valence electrons. The van der Waals surface area contributed by atoms with E-state index in [1.54, 1.807) is 24.3 Å².